The summed E-state index contributed by atoms with van der Waals surface area (Å²) in [4.78, 5) is 25.6. The van der Waals surface area contributed by atoms with Gasteiger partial charge in [0.15, 0.2) is 0 Å². The summed E-state index contributed by atoms with van der Waals surface area (Å²) < 4.78 is 69.5. The third-order valence-electron chi connectivity index (χ3n) is 3.80. The van der Waals surface area contributed by atoms with Crippen molar-refractivity contribution < 1.29 is 35.1 Å². The predicted octanol–water partition coefficient (Wildman–Crippen LogP) is 3.46. The molecule has 0 fully saturated rings. The summed E-state index contributed by atoms with van der Waals surface area (Å²) in [7, 11) is -2.00. The standard InChI is InChI=1S/C19H30O5/c1-14-15(12-10-8-6-4-5-7-9-11-13-20)17(22)19(24-3)18(23-2)16(14)21/h20H,4-13H2,1-3H3/i1D3,2D3,9D2. The Morgan fingerprint density at radius 3 is 2.25 bits per heavy atom. The number of carbonyl (C=O) groups excluding carboxylic acids is 2. The number of Topliss-reactive ketones (excluding diaryl/α,β-unsaturated/α-hetero) is 2. The minimum absolute atomic E-state index is 0.00244. The van der Waals surface area contributed by atoms with Crippen LogP contribution in [0.25, 0.3) is 0 Å². The summed E-state index contributed by atoms with van der Waals surface area (Å²) >= 11 is 0. The number of unbranched alkanes of at least 4 members (excludes halogenated alkanes) is 4. The molecule has 1 aliphatic rings. The van der Waals surface area contributed by atoms with Crippen molar-refractivity contribution >= 4 is 11.6 Å². The summed E-state index contributed by atoms with van der Waals surface area (Å²) in [6, 6.07) is 0. The molecule has 136 valence electrons. The molecular formula is C19H30O5. The van der Waals surface area contributed by atoms with Crippen LogP contribution in [0.2, 0.25) is 0 Å². The molecule has 0 aliphatic heterocycles. The maximum atomic E-state index is 12.8. The van der Waals surface area contributed by atoms with Crippen LogP contribution in [-0.4, -0.2) is 37.4 Å². The number of hydrogen-bond acceptors (Lipinski definition) is 5. The normalized spacial score (nSPS) is 21.9. The number of ether oxygens (including phenoxy) is 2. The van der Waals surface area contributed by atoms with Gasteiger partial charge in [0.25, 0.3) is 0 Å². The molecule has 0 unspecified atom stereocenters. The van der Waals surface area contributed by atoms with Gasteiger partial charge in [-0.3, -0.25) is 9.59 Å². The van der Waals surface area contributed by atoms with Crippen LogP contribution in [0.3, 0.4) is 0 Å². The van der Waals surface area contributed by atoms with Gasteiger partial charge in [-0.25, -0.2) is 0 Å². The number of rotatable bonds is 12. The molecular weight excluding hydrogens is 308 g/mol. The average molecular weight is 346 g/mol. The van der Waals surface area contributed by atoms with Crippen LogP contribution in [-0.2, 0) is 19.1 Å². The van der Waals surface area contributed by atoms with E-state index in [0.29, 0.717) is 32.1 Å². The second-order valence-corrected chi connectivity index (χ2v) is 5.47. The molecule has 1 aliphatic carbocycles. The average Bonchev–Trinajstić information content (AvgIpc) is 2.62. The topological polar surface area (TPSA) is 72.8 Å². The Morgan fingerprint density at radius 2 is 1.62 bits per heavy atom. The Morgan fingerprint density at radius 1 is 0.958 bits per heavy atom. The molecule has 0 aromatic carbocycles. The fraction of sp³-hybridized carbons (Fsp3) is 0.684. The first-order valence-electron chi connectivity index (χ1n) is 12.1. The van der Waals surface area contributed by atoms with E-state index in [-0.39, 0.29) is 25.0 Å². The Hall–Kier alpha value is -1.62. The van der Waals surface area contributed by atoms with E-state index in [4.69, 9.17) is 20.8 Å². The number of carbonyl (C=O) groups is 2. The van der Waals surface area contributed by atoms with Crippen LogP contribution in [0.5, 0.6) is 0 Å². The first-order chi connectivity index (χ1) is 14.6. The van der Waals surface area contributed by atoms with E-state index < -0.39 is 48.9 Å². The second kappa shape index (κ2) is 11.0. The SMILES string of the molecule is [2H]C([2H])(CCO)CCCCCCCC1=C(C([2H])([2H])[2H])C(=O)C(OC([2H])([2H])[2H])=C(OC)C1=O. The molecule has 0 saturated heterocycles. The van der Waals surface area contributed by atoms with Crippen LogP contribution in [0, 0.1) is 0 Å². The molecule has 0 aromatic rings. The van der Waals surface area contributed by atoms with Crippen LogP contribution >= 0.6 is 0 Å². The summed E-state index contributed by atoms with van der Waals surface area (Å²) in [5.74, 6) is -3.63. The number of aliphatic hydroxyl groups is 1. The highest BCUT2D eigenvalue weighted by atomic mass is 16.5. The minimum atomic E-state index is -3.07. The lowest BCUT2D eigenvalue weighted by molar-refractivity contribution is -0.121. The van der Waals surface area contributed by atoms with Gasteiger partial charge in [-0.15, -0.1) is 0 Å². The molecule has 0 saturated carbocycles. The quantitative estimate of drug-likeness (QED) is 0.433. The smallest absolute Gasteiger partial charge is 0.228 e. The summed E-state index contributed by atoms with van der Waals surface area (Å²) in [6.45, 7) is -3.15. The Balaban J connectivity index is 2.86. The van der Waals surface area contributed by atoms with Crippen LogP contribution in [0.4, 0.5) is 0 Å². The third-order valence-corrected chi connectivity index (χ3v) is 3.80. The van der Waals surface area contributed by atoms with Gasteiger partial charge in [-0.2, -0.15) is 0 Å². The van der Waals surface area contributed by atoms with Crippen molar-refractivity contribution in [3.8, 4) is 0 Å². The molecule has 5 nitrogen and oxygen atoms in total. The molecule has 24 heavy (non-hydrogen) atoms. The second-order valence-electron chi connectivity index (χ2n) is 5.47. The Bertz CT molecular complexity index is 750. The highest BCUT2D eigenvalue weighted by Gasteiger charge is 2.34. The molecule has 0 radical (unpaired) electrons. The summed E-state index contributed by atoms with van der Waals surface area (Å²) in [5, 5.41) is 8.84. The molecule has 0 heterocycles. The summed E-state index contributed by atoms with van der Waals surface area (Å²) in [5.41, 5.74) is -0.983. The van der Waals surface area contributed by atoms with Crippen molar-refractivity contribution in [2.24, 2.45) is 0 Å². The van der Waals surface area contributed by atoms with Crippen molar-refractivity contribution in [1.82, 2.24) is 0 Å². The molecule has 0 atom stereocenters. The molecule has 5 heteroatoms. The number of hydrogen-bond donors (Lipinski definition) is 1. The van der Waals surface area contributed by atoms with E-state index >= 15 is 0 Å². The van der Waals surface area contributed by atoms with Crippen molar-refractivity contribution in [3.05, 3.63) is 22.7 Å². The van der Waals surface area contributed by atoms with Crippen molar-refractivity contribution in [2.75, 3.05) is 20.8 Å². The van der Waals surface area contributed by atoms with E-state index in [2.05, 4.69) is 4.74 Å². The monoisotopic (exact) mass is 346 g/mol. The van der Waals surface area contributed by atoms with E-state index in [1.807, 2.05) is 0 Å². The number of methoxy groups -OCH3 is 2. The number of allylic oxidation sites excluding steroid dienone is 2. The Kier molecular flexibility index (Phi) is 5.09. The van der Waals surface area contributed by atoms with Crippen LogP contribution < -0.4 is 0 Å². The molecule has 1 N–H and O–H groups in total. The fourth-order valence-corrected chi connectivity index (χ4v) is 2.51. The number of aliphatic hydroxyl groups excluding tert-OH is 1. The fourth-order valence-electron chi connectivity index (χ4n) is 2.51. The first kappa shape index (κ1) is 11.1. The molecule has 0 spiro atoms. The lowest BCUT2D eigenvalue weighted by atomic mass is 9.89. The van der Waals surface area contributed by atoms with E-state index in [1.54, 1.807) is 0 Å². The maximum Gasteiger partial charge on any atom is 0.228 e. The first-order valence-corrected chi connectivity index (χ1v) is 8.06. The van der Waals surface area contributed by atoms with Crippen LogP contribution in [0.1, 0.15) is 75.6 Å². The largest absolute Gasteiger partial charge is 0.489 e. The van der Waals surface area contributed by atoms with Crippen LogP contribution in [0.15, 0.2) is 22.7 Å². The highest BCUT2D eigenvalue weighted by molar-refractivity contribution is 6.23. The van der Waals surface area contributed by atoms with E-state index in [1.165, 1.54) is 0 Å². The summed E-state index contributed by atoms with van der Waals surface area (Å²) in [6.07, 6.45) is 2.08. The maximum absolute atomic E-state index is 12.8. The van der Waals surface area contributed by atoms with Gasteiger partial charge in [0.2, 0.25) is 23.1 Å². The van der Waals surface area contributed by atoms with Gasteiger partial charge in [-0.05, 0) is 26.1 Å². The van der Waals surface area contributed by atoms with E-state index in [0.717, 1.165) is 13.5 Å². The highest BCUT2D eigenvalue weighted by Crippen LogP contribution is 2.28. The third kappa shape index (κ3) is 5.48. The van der Waals surface area contributed by atoms with E-state index in [9.17, 15) is 9.59 Å². The molecule has 0 amide bonds. The van der Waals surface area contributed by atoms with Crippen molar-refractivity contribution in [3.63, 3.8) is 0 Å². The van der Waals surface area contributed by atoms with Gasteiger partial charge in [0.1, 0.15) is 0 Å². The molecule has 0 aromatic heterocycles. The minimum Gasteiger partial charge on any atom is -0.489 e. The lowest BCUT2D eigenvalue weighted by Gasteiger charge is -2.20. The van der Waals surface area contributed by atoms with Gasteiger partial charge in [0.05, 0.1) is 18.3 Å². The zero-order valence-corrected chi connectivity index (χ0v) is 13.9. The zero-order chi connectivity index (χ0) is 24.7. The Labute approximate surface area is 156 Å². The zero-order valence-electron chi connectivity index (χ0n) is 21.9. The van der Waals surface area contributed by atoms with Gasteiger partial charge in [-0.1, -0.05) is 38.5 Å². The molecule has 0 bridgehead atoms. The number of ketones is 2. The van der Waals surface area contributed by atoms with Crippen molar-refractivity contribution in [1.29, 1.82) is 0 Å². The lowest BCUT2D eigenvalue weighted by Crippen LogP contribution is -2.25. The van der Waals surface area contributed by atoms with Gasteiger partial charge >= 0.3 is 0 Å². The van der Waals surface area contributed by atoms with Crippen molar-refractivity contribution in [2.45, 2.75) is 64.6 Å². The predicted molar refractivity (Wildman–Crippen MR) is 92.4 cm³/mol. The molecule has 1 rings (SSSR count). The van der Waals surface area contributed by atoms with Gasteiger partial charge in [0, 0.05) is 24.6 Å². The van der Waals surface area contributed by atoms with Gasteiger partial charge < -0.3 is 14.6 Å².